The molecule has 0 aliphatic rings. The Kier molecular flexibility index (Phi) is 10.2. The molecule has 1 heterocycles. The summed E-state index contributed by atoms with van der Waals surface area (Å²) in [5.74, 6) is 0. The van der Waals surface area contributed by atoms with Crippen LogP contribution in [0.15, 0.2) is 261 Å². The summed E-state index contributed by atoms with van der Waals surface area (Å²) in [6, 6.07) is 96.0. The molecule has 1 nitrogen and oxygen atoms in total. The molecule has 1 aromatic heterocycles. The Bertz CT molecular complexity index is 3200. The molecule has 0 aliphatic heterocycles. The van der Waals surface area contributed by atoms with Gasteiger partial charge in [0.15, 0.2) is 8.07 Å². The topological polar surface area (TPSA) is 3.24 Å². The fourth-order valence-corrected chi connectivity index (χ4v) is 15.3. The molecule has 0 atom stereocenters. The molecule has 11 aromatic rings. The third kappa shape index (κ3) is 7.17. The van der Waals surface area contributed by atoms with Crippen molar-refractivity contribution in [2.45, 2.75) is 0 Å². The van der Waals surface area contributed by atoms with E-state index in [1.54, 1.807) is 0 Å². The monoisotopic (exact) mass is 837 g/mol. The molecule has 3 heteroatoms. The van der Waals surface area contributed by atoms with Crippen molar-refractivity contribution < 1.29 is 0 Å². The molecular weight excluding hydrogens is 795 g/mol. The van der Waals surface area contributed by atoms with Gasteiger partial charge in [0, 0.05) is 37.2 Å². The van der Waals surface area contributed by atoms with Crippen LogP contribution in [0.3, 0.4) is 0 Å². The van der Waals surface area contributed by atoms with E-state index in [1.165, 1.54) is 74.3 Å². The van der Waals surface area contributed by atoms with E-state index in [-0.39, 0.29) is 0 Å². The molecular formula is C60H43NSSi. The summed E-state index contributed by atoms with van der Waals surface area (Å²) in [4.78, 5) is 2.40. The summed E-state index contributed by atoms with van der Waals surface area (Å²) >= 11 is 1.87. The quantitative estimate of drug-likeness (QED) is 0.0980. The van der Waals surface area contributed by atoms with Crippen LogP contribution in [0.1, 0.15) is 0 Å². The van der Waals surface area contributed by atoms with Crippen molar-refractivity contribution in [1.82, 2.24) is 0 Å². The van der Waals surface area contributed by atoms with Gasteiger partial charge >= 0.3 is 0 Å². The number of anilines is 3. The van der Waals surface area contributed by atoms with E-state index in [2.05, 4.69) is 266 Å². The highest BCUT2D eigenvalue weighted by Gasteiger charge is 2.41. The fourth-order valence-electron chi connectivity index (χ4n) is 9.40. The predicted molar refractivity (Wildman–Crippen MR) is 274 cm³/mol. The van der Waals surface area contributed by atoms with E-state index in [0.717, 1.165) is 17.1 Å². The Morgan fingerprint density at radius 3 is 1.16 bits per heavy atom. The van der Waals surface area contributed by atoms with Crippen LogP contribution >= 0.6 is 11.3 Å². The lowest BCUT2D eigenvalue weighted by molar-refractivity contribution is 1.29. The highest BCUT2D eigenvalue weighted by Crippen LogP contribution is 2.42. The maximum atomic E-state index is 2.40. The van der Waals surface area contributed by atoms with Crippen LogP contribution in [0.2, 0.25) is 0 Å². The van der Waals surface area contributed by atoms with Crippen molar-refractivity contribution in [2.75, 3.05) is 4.90 Å². The number of hydrogen-bond acceptors (Lipinski definition) is 2. The number of rotatable bonds is 10. The Morgan fingerprint density at radius 1 is 0.254 bits per heavy atom. The van der Waals surface area contributed by atoms with E-state index < -0.39 is 8.07 Å². The van der Waals surface area contributed by atoms with Crippen molar-refractivity contribution >= 4 is 77.4 Å². The summed E-state index contributed by atoms with van der Waals surface area (Å²) < 4.78 is 2.57. The third-order valence-electron chi connectivity index (χ3n) is 12.4. The zero-order valence-electron chi connectivity index (χ0n) is 34.7. The van der Waals surface area contributed by atoms with Crippen LogP contribution in [-0.4, -0.2) is 8.07 Å². The van der Waals surface area contributed by atoms with Gasteiger partial charge in [0.05, 0.1) is 0 Å². The summed E-state index contributed by atoms with van der Waals surface area (Å²) in [5, 5.41) is 8.08. The van der Waals surface area contributed by atoms with Gasteiger partial charge in [-0.05, 0) is 96.6 Å². The molecule has 0 N–H and O–H groups in total. The zero-order valence-corrected chi connectivity index (χ0v) is 36.5. The van der Waals surface area contributed by atoms with Gasteiger partial charge < -0.3 is 4.90 Å². The van der Waals surface area contributed by atoms with Gasteiger partial charge in [0.1, 0.15) is 0 Å². The van der Waals surface area contributed by atoms with Crippen LogP contribution in [0, 0.1) is 0 Å². The van der Waals surface area contributed by atoms with Crippen LogP contribution in [0.4, 0.5) is 17.1 Å². The lowest BCUT2D eigenvalue weighted by atomic mass is 10.0. The zero-order chi connectivity index (χ0) is 42.0. The average molecular weight is 838 g/mol. The summed E-state index contributed by atoms with van der Waals surface area (Å²) in [6.07, 6.45) is 0. The Balaban J connectivity index is 0.988. The number of benzene rings is 10. The van der Waals surface area contributed by atoms with Crippen LogP contribution in [0.5, 0.6) is 0 Å². The third-order valence-corrected chi connectivity index (χ3v) is 18.3. The molecule has 0 aliphatic carbocycles. The Morgan fingerprint density at radius 2 is 0.619 bits per heavy atom. The van der Waals surface area contributed by atoms with E-state index in [1.807, 2.05) is 11.3 Å². The lowest BCUT2D eigenvalue weighted by Gasteiger charge is -2.34. The minimum atomic E-state index is -2.61. The van der Waals surface area contributed by atoms with Crippen molar-refractivity contribution in [1.29, 1.82) is 0 Å². The molecule has 0 unspecified atom stereocenters. The van der Waals surface area contributed by atoms with E-state index in [4.69, 9.17) is 0 Å². The Labute approximate surface area is 374 Å². The number of thiophene rings is 1. The van der Waals surface area contributed by atoms with Gasteiger partial charge in [-0.2, -0.15) is 0 Å². The molecule has 0 fully saturated rings. The van der Waals surface area contributed by atoms with Crippen molar-refractivity contribution in [3.63, 3.8) is 0 Å². The second kappa shape index (κ2) is 16.7. The first kappa shape index (κ1) is 38.4. The normalized spacial score (nSPS) is 11.5. The van der Waals surface area contributed by atoms with Crippen molar-refractivity contribution in [3.8, 4) is 33.4 Å². The lowest BCUT2D eigenvalue weighted by Crippen LogP contribution is -2.74. The van der Waals surface area contributed by atoms with Gasteiger partial charge in [0.25, 0.3) is 0 Å². The molecule has 298 valence electrons. The molecule has 0 radical (unpaired) electrons. The van der Waals surface area contributed by atoms with Crippen molar-refractivity contribution in [3.05, 3.63) is 261 Å². The molecule has 11 rings (SSSR count). The van der Waals surface area contributed by atoms with Gasteiger partial charge in [-0.15, -0.1) is 11.3 Å². The first-order chi connectivity index (χ1) is 31.2. The van der Waals surface area contributed by atoms with Crippen LogP contribution < -0.4 is 25.6 Å². The largest absolute Gasteiger partial charge is 0.310 e. The molecule has 0 amide bonds. The second-order valence-corrected chi connectivity index (χ2v) is 21.0. The smallest absolute Gasteiger partial charge is 0.179 e. The van der Waals surface area contributed by atoms with Crippen molar-refractivity contribution in [2.24, 2.45) is 0 Å². The first-order valence-electron chi connectivity index (χ1n) is 21.6. The van der Waals surface area contributed by atoms with Gasteiger partial charge in [-0.3, -0.25) is 0 Å². The summed E-state index contributed by atoms with van der Waals surface area (Å²) in [6.45, 7) is 0. The maximum absolute atomic E-state index is 2.61. The SMILES string of the molecule is c1ccc(-c2cccc(N(c3ccc(-c4ccc([Si](c5ccccc5)(c5ccccc5)c5ccccc5)cc4)cc3)c3ccc4c(c3)sc3cc(-c5ccccc5)ccc34)c2)cc1. The highest BCUT2D eigenvalue weighted by atomic mass is 32.1. The standard InChI is InChI=1S/C60H43NSSi/c1-6-17-44(18-7-1)48-21-16-22-51(41-48)61(52-36-40-58-57-39-33-49(45-19-8-2-9-20-45)42-59(57)62-60(58)43-52)50-34-29-46(30-35-50)47-31-37-56(38-32-47)63(53-23-10-3-11-24-53,54-25-12-4-13-26-54)55-27-14-5-15-28-55/h1-43H. The molecule has 63 heavy (non-hydrogen) atoms. The molecule has 0 saturated carbocycles. The van der Waals surface area contributed by atoms with Crippen LogP contribution in [-0.2, 0) is 0 Å². The van der Waals surface area contributed by atoms with E-state index in [0.29, 0.717) is 0 Å². The number of nitrogens with zero attached hydrogens (tertiary/aromatic N) is 1. The molecule has 0 spiro atoms. The minimum Gasteiger partial charge on any atom is -0.310 e. The minimum absolute atomic E-state index is 1.11. The first-order valence-corrected chi connectivity index (χ1v) is 24.4. The highest BCUT2D eigenvalue weighted by molar-refractivity contribution is 7.26. The van der Waals surface area contributed by atoms with E-state index >= 15 is 0 Å². The Hall–Kier alpha value is -7.56. The fraction of sp³-hybridized carbons (Fsp3) is 0. The maximum Gasteiger partial charge on any atom is 0.179 e. The molecule has 10 aromatic carbocycles. The average Bonchev–Trinajstić information content (AvgIpc) is 3.74. The second-order valence-electron chi connectivity index (χ2n) is 16.1. The van der Waals surface area contributed by atoms with Gasteiger partial charge in [-0.1, -0.05) is 218 Å². The predicted octanol–water partition coefficient (Wildman–Crippen LogP) is 13.9. The van der Waals surface area contributed by atoms with Gasteiger partial charge in [-0.25, -0.2) is 0 Å². The van der Waals surface area contributed by atoms with E-state index in [9.17, 15) is 0 Å². The number of fused-ring (bicyclic) bond motifs is 3. The molecule has 0 bridgehead atoms. The number of hydrogen-bond donors (Lipinski definition) is 0. The van der Waals surface area contributed by atoms with Crippen LogP contribution in [0.25, 0.3) is 53.6 Å². The van der Waals surface area contributed by atoms with Gasteiger partial charge in [0.2, 0.25) is 0 Å². The molecule has 0 saturated heterocycles. The summed E-state index contributed by atoms with van der Waals surface area (Å²) in [5.41, 5.74) is 10.6. The summed E-state index contributed by atoms with van der Waals surface area (Å²) in [7, 11) is -2.61.